The molecule has 54 valence electrons. The van der Waals surface area contributed by atoms with E-state index in [4.69, 9.17) is 16.3 Å². The van der Waals surface area contributed by atoms with Gasteiger partial charge in [0, 0.05) is 5.88 Å². The van der Waals surface area contributed by atoms with Crippen LogP contribution in [-0.4, -0.2) is 12.5 Å². The summed E-state index contributed by atoms with van der Waals surface area (Å²) in [6.45, 7) is 4.21. The summed E-state index contributed by atoms with van der Waals surface area (Å²) in [5.41, 5.74) is 0. The van der Waals surface area contributed by atoms with Crippen LogP contribution in [0.5, 0.6) is 0 Å². The molecule has 0 aromatic carbocycles. The molecule has 0 aliphatic rings. The highest BCUT2D eigenvalue weighted by atomic mass is 35.5. The van der Waals surface area contributed by atoms with E-state index in [1.807, 2.05) is 0 Å². The summed E-state index contributed by atoms with van der Waals surface area (Å²) < 4.78 is 4.90. The number of unbranched alkanes of at least 4 members (excludes halogenated alkanes) is 2. The second-order valence-corrected chi connectivity index (χ2v) is 2.17. The van der Waals surface area contributed by atoms with Crippen molar-refractivity contribution in [3.05, 3.63) is 12.8 Å². The molecule has 0 saturated carbocycles. The Hall–Kier alpha value is -0.170. The quantitative estimate of drug-likeness (QED) is 0.320. The standard InChI is InChI=1S/C7H13ClO/c1-2-9-7-5-3-4-6-8/h2H,1,3-7H2. The van der Waals surface area contributed by atoms with E-state index < -0.39 is 0 Å². The number of ether oxygens (including phenoxy) is 1. The maximum Gasteiger partial charge on any atom is 0.0873 e. The lowest BCUT2D eigenvalue weighted by molar-refractivity contribution is 0.243. The summed E-state index contributed by atoms with van der Waals surface area (Å²) in [7, 11) is 0. The Bertz CT molecular complexity index is 63.9. The Labute approximate surface area is 61.7 Å². The molecule has 0 unspecified atom stereocenters. The molecule has 0 aliphatic heterocycles. The molecule has 0 bridgehead atoms. The van der Waals surface area contributed by atoms with Gasteiger partial charge in [-0.1, -0.05) is 6.58 Å². The molecule has 0 aromatic rings. The predicted octanol–water partition coefficient (Wildman–Crippen LogP) is 2.56. The first-order valence-electron chi connectivity index (χ1n) is 3.20. The van der Waals surface area contributed by atoms with Crippen molar-refractivity contribution in [1.29, 1.82) is 0 Å². The van der Waals surface area contributed by atoms with Crippen LogP contribution in [0.1, 0.15) is 19.3 Å². The van der Waals surface area contributed by atoms with Crippen molar-refractivity contribution in [2.24, 2.45) is 0 Å². The molecule has 0 spiro atoms. The van der Waals surface area contributed by atoms with Gasteiger partial charge in [-0.25, -0.2) is 0 Å². The minimum absolute atomic E-state index is 0.758. The highest BCUT2D eigenvalue weighted by Crippen LogP contribution is 1.96. The van der Waals surface area contributed by atoms with Crippen molar-refractivity contribution in [2.45, 2.75) is 19.3 Å². The fourth-order valence-electron chi connectivity index (χ4n) is 0.540. The van der Waals surface area contributed by atoms with Gasteiger partial charge in [-0.15, -0.1) is 11.6 Å². The van der Waals surface area contributed by atoms with Gasteiger partial charge in [0.2, 0.25) is 0 Å². The Balaban J connectivity index is 2.66. The first-order valence-corrected chi connectivity index (χ1v) is 3.73. The predicted molar refractivity (Wildman–Crippen MR) is 40.7 cm³/mol. The summed E-state index contributed by atoms with van der Waals surface area (Å²) in [4.78, 5) is 0. The summed E-state index contributed by atoms with van der Waals surface area (Å²) in [6.07, 6.45) is 4.79. The average molecular weight is 149 g/mol. The third kappa shape index (κ3) is 7.83. The molecule has 0 aromatic heterocycles. The highest BCUT2D eigenvalue weighted by molar-refractivity contribution is 6.17. The van der Waals surface area contributed by atoms with Crippen molar-refractivity contribution in [2.75, 3.05) is 12.5 Å². The zero-order valence-electron chi connectivity index (χ0n) is 5.61. The topological polar surface area (TPSA) is 9.23 Å². The van der Waals surface area contributed by atoms with Crippen LogP contribution < -0.4 is 0 Å². The molecular formula is C7H13ClO. The molecule has 0 fully saturated rings. The Morgan fingerprint density at radius 1 is 1.33 bits per heavy atom. The van der Waals surface area contributed by atoms with Crippen molar-refractivity contribution >= 4 is 11.6 Å². The molecule has 0 aliphatic carbocycles. The second-order valence-electron chi connectivity index (χ2n) is 1.79. The molecule has 9 heavy (non-hydrogen) atoms. The van der Waals surface area contributed by atoms with E-state index in [1.54, 1.807) is 0 Å². The van der Waals surface area contributed by atoms with Crippen LogP contribution in [0.25, 0.3) is 0 Å². The van der Waals surface area contributed by atoms with E-state index in [1.165, 1.54) is 6.26 Å². The van der Waals surface area contributed by atoms with Gasteiger partial charge in [-0.3, -0.25) is 0 Å². The van der Waals surface area contributed by atoms with E-state index in [2.05, 4.69) is 6.58 Å². The summed E-state index contributed by atoms with van der Waals surface area (Å²) in [5.74, 6) is 0.758. The van der Waals surface area contributed by atoms with E-state index in [9.17, 15) is 0 Å². The van der Waals surface area contributed by atoms with Gasteiger partial charge < -0.3 is 4.74 Å². The van der Waals surface area contributed by atoms with Crippen LogP contribution in [0.3, 0.4) is 0 Å². The van der Waals surface area contributed by atoms with Crippen molar-refractivity contribution in [3.63, 3.8) is 0 Å². The summed E-state index contributed by atoms with van der Waals surface area (Å²) in [5, 5.41) is 0. The van der Waals surface area contributed by atoms with Gasteiger partial charge in [0.05, 0.1) is 12.9 Å². The Morgan fingerprint density at radius 2 is 2.11 bits per heavy atom. The molecule has 0 saturated heterocycles. The minimum Gasteiger partial charge on any atom is -0.502 e. The summed E-state index contributed by atoms with van der Waals surface area (Å²) >= 11 is 5.45. The number of hydrogen-bond acceptors (Lipinski definition) is 1. The number of halogens is 1. The van der Waals surface area contributed by atoms with Crippen LogP contribution in [0, 0.1) is 0 Å². The van der Waals surface area contributed by atoms with Gasteiger partial charge in [0.1, 0.15) is 0 Å². The zero-order valence-corrected chi connectivity index (χ0v) is 6.36. The summed E-state index contributed by atoms with van der Waals surface area (Å²) in [6, 6.07) is 0. The van der Waals surface area contributed by atoms with E-state index in [0.29, 0.717) is 0 Å². The van der Waals surface area contributed by atoms with E-state index in [-0.39, 0.29) is 0 Å². The lowest BCUT2D eigenvalue weighted by Crippen LogP contribution is -1.87. The smallest absolute Gasteiger partial charge is 0.0873 e. The third-order valence-corrected chi connectivity index (χ3v) is 1.28. The molecule has 0 rings (SSSR count). The molecule has 0 heterocycles. The molecule has 2 heteroatoms. The Kier molecular flexibility index (Phi) is 7.68. The van der Waals surface area contributed by atoms with Crippen molar-refractivity contribution in [3.8, 4) is 0 Å². The molecule has 0 amide bonds. The maximum atomic E-state index is 5.45. The van der Waals surface area contributed by atoms with Gasteiger partial charge in [0.15, 0.2) is 0 Å². The first-order chi connectivity index (χ1) is 4.41. The number of rotatable bonds is 6. The molecule has 0 atom stereocenters. The van der Waals surface area contributed by atoms with E-state index >= 15 is 0 Å². The first kappa shape index (κ1) is 8.83. The third-order valence-electron chi connectivity index (χ3n) is 1.01. The zero-order chi connectivity index (χ0) is 6.95. The monoisotopic (exact) mass is 148 g/mol. The Morgan fingerprint density at radius 3 is 2.67 bits per heavy atom. The largest absolute Gasteiger partial charge is 0.502 e. The molecule has 0 N–H and O–H groups in total. The van der Waals surface area contributed by atoms with Gasteiger partial charge in [-0.2, -0.15) is 0 Å². The van der Waals surface area contributed by atoms with Crippen LogP contribution >= 0.6 is 11.6 Å². The molecular weight excluding hydrogens is 136 g/mol. The average Bonchev–Trinajstić information content (AvgIpc) is 1.89. The van der Waals surface area contributed by atoms with Gasteiger partial charge >= 0.3 is 0 Å². The van der Waals surface area contributed by atoms with Crippen LogP contribution in [0.4, 0.5) is 0 Å². The van der Waals surface area contributed by atoms with Crippen molar-refractivity contribution in [1.82, 2.24) is 0 Å². The van der Waals surface area contributed by atoms with Crippen LogP contribution in [0.15, 0.2) is 12.8 Å². The number of alkyl halides is 1. The van der Waals surface area contributed by atoms with Crippen molar-refractivity contribution < 1.29 is 4.74 Å². The SMILES string of the molecule is C=COCCCCCCl. The normalized spacial score (nSPS) is 9.00. The van der Waals surface area contributed by atoms with Gasteiger partial charge in [-0.05, 0) is 19.3 Å². The number of hydrogen-bond donors (Lipinski definition) is 0. The lowest BCUT2D eigenvalue weighted by atomic mass is 10.3. The molecule has 0 radical (unpaired) electrons. The van der Waals surface area contributed by atoms with Crippen LogP contribution in [0.2, 0.25) is 0 Å². The minimum atomic E-state index is 0.758. The van der Waals surface area contributed by atoms with Gasteiger partial charge in [0.25, 0.3) is 0 Å². The maximum absolute atomic E-state index is 5.45. The fourth-order valence-corrected chi connectivity index (χ4v) is 0.729. The van der Waals surface area contributed by atoms with E-state index in [0.717, 1.165) is 31.7 Å². The molecule has 1 nitrogen and oxygen atoms in total. The second kappa shape index (κ2) is 7.83. The fraction of sp³-hybridized carbons (Fsp3) is 0.714. The van der Waals surface area contributed by atoms with Crippen LogP contribution in [-0.2, 0) is 4.74 Å². The highest BCUT2D eigenvalue weighted by Gasteiger charge is 1.85. The lowest BCUT2D eigenvalue weighted by Gasteiger charge is -1.97.